The van der Waals surface area contributed by atoms with Crippen LogP contribution in [0.15, 0.2) is 35.3 Å². The lowest BCUT2D eigenvalue weighted by Gasteiger charge is -2.34. The number of guanidine groups is 1. The summed E-state index contributed by atoms with van der Waals surface area (Å²) in [6.45, 7) is 7.51. The average Bonchev–Trinajstić information content (AvgIpc) is 2.99. The Balaban J connectivity index is 0.00000261. The molecule has 0 aliphatic carbocycles. The Morgan fingerprint density at radius 1 is 1.19 bits per heavy atom. The van der Waals surface area contributed by atoms with Crippen LogP contribution in [-0.2, 0) is 13.6 Å². The van der Waals surface area contributed by atoms with Crippen molar-refractivity contribution in [2.24, 2.45) is 12.0 Å². The number of para-hydroxylation sites is 1. The standard InChI is InChI=1S/C19H29N7.HI/c1-4-20-19(21-14-18-24-23-15(2)25(18)3)22-16-10-12-26(13-11-16)17-8-6-5-7-9-17;/h5-9,16H,4,10-14H2,1-3H3,(H2,20,21,22);1H. The first kappa shape index (κ1) is 21.5. The Labute approximate surface area is 178 Å². The minimum atomic E-state index is 0. The number of benzene rings is 1. The molecule has 8 heteroatoms. The molecule has 0 radical (unpaired) electrons. The van der Waals surface area contributed by atoms with Gasteiger partial charge in [0.25, 0.3) is 0 Å². The lowest BCUT2D eigenvalue weighted by atomic mass is 10.0. The molecule has 7 nitrogen and oxygen atoms in total. The Hall–Kier alpha value is -1.84. The van der Waals surface area contributed by atoms with Gasteiger partial charge in [-0.25, -0.2) is 4.99 Å². The second-order valence-electron chi connectivity index (χ2n) is 6.66. The quantitative estimate of drug-likeness (QED) is 0.389. The molecule has 3 rings (SSSR count). The zero-order valence-electron chi connectivity index (χ0n) is 16.4. The van der Waals surface area contributed by atoms with E-state index in [1.54, 1.807) is 0 Å². The van der Waals surface area contributed by atoms with E-state index >= 15 is 0 Å². The molecule has 0 unspecified atom stereocenters. The van der Waals surface area contributed by atoms with Crippen LogP contribution in [0.2, 0.25) is 0 Å². The van der Waals surface area contributed by atoms with Gasteiger partial charge in [0.1, 0.15) is 12.4 Å². The highest BCUT2D eigenvalue weighted by Crippen LogP contribution is 2.19. The number of hydrogen-bond donors (Lipinski definition) is 2. The molecule has 27 heavy (non-hydrogen) atoms. The predicted molar refractivity (Wildman–Crippen MR) is 121 cm³/mol. The number of nitrogens with zero attached hydrogens (tertiary/aromatic N) is 5. The highest BCUT2D eigenvalue weighted by molar-refractivity contribution is 14.0. The number of aromatic nitrogens is 3. The van der Waals surface area contributed by atoms with Crippen LogP contribution in [0.1, 0.15) is 31.4 Å². The minimum Gasteiger partial charge on any atom is -0.371 e. The number of nitrogens with one attached hydrogen (secondary N) is 2. The summed E-state index contributed by atoms with van der Waals surface area (Å²) >= 11 is 0. The van der Waals surface area contributed by atoms with E-state index in [-0.39, 0.29) is 24.0 Å². The Morgan fingerprint density at radius 2 is 1.89 bits per heavy atom. The summed E-state index contributed by atoms with van der Waals surface area (Å²) in [4.78, 5) is 7.14. The summed E-state index contributed by atoms with van der Waals surface area (Å²) in [7, 11) is 1.97. The molecular weight excluding hydrogens is 453 g/mol. The van der Waals surface area contributed by atoms with Gasteiger partial charge in [0.2, 0.25) is 0 Å². The number of piperidine rings is 1. The van der Waals surface area contributed by atoms with Crippen molar-refractivity contribution in [2.75, 3.05) is 24.5 Å². The van der Waals surface area contributed by atoms with E-state index in [2.05, 4.69) is 68.0 Å². The lowest BCUT2D eigenvalue weighted by Crippen LogP contribution is -2.48. The van der Waals surface area contributed by atoms with Gasteiger partial charge >= 0.3 is 0 Å². The fourth-order valence-electron chi connectivity index (χ4n) is 3.17. The predicted octanol–water partition coefficient (Wildman–Crippen LogP) is 2.47. The molecule has 1 aliphatic rings. The van der Waals surface area contributed by atoms with Crippen LogP contribution in [0, 0.1) is 6.92 Å². The van der Waals surface area contributed by atoms with E-state index in [0.29, 0.717) is 12.6 Å². The summed E-state index contributed by atoms with van der Waals surface area (Å²) in [6, 6.07) is 11.1. The maximum Gasteiger partial charge on any atom is 0.191 e. The third kappa shape index (κ3) is 5.82. The van der Waals surface area contributed by atoms with E-state index < -0.39 is 0 Å². The van der Waals surface area contributed by atoms with E-state index in [1.165, 1.54) is 5.69 Å². The molecule has 1 saturated heterocycles. The molecule has 2 heterocycles. The van der Waals surface area contributed by atoms with Crippen molar-refractivity contribution in [3.8, 4) is 0 Å². The fourth-order valence-corrected chi connectivity index (χ4v) is 3.17. The highest BCUT2D eigenvalue weighted by atomic mass is 127. The van der Waals surface area contributed by atoms with Crippen LogP contribution in [0.25, 0.3) is 0 Å². The Bertz CT molecular complexity index is 721. The zero-order chi connectivity index (χ0) is 18.4. The Kier molecular flexibility index (Phi) is 8.33. The second-order valence-corrected chi connectivity index (χ2v) is 6.66. The molecule has 0 amide bonds. The molecule has 1 aromatic carbocycles. The number of aliphatic imine (C=N–C) groups is 1. The van der Waals surface area contributed by atoms with E-state index in [1.807, 2.05) is 18.5 Å². The van der Waals surface area contributed by atoms with Gasteiger partial charge < -0.3 is 20.1 Å². The second kappa shape index (κ2) is 10.5. The molecule has 2 aromatic rings. The van der Waals surface area contributed by atoms with Gasteiger partial charge in [0.05, 0.1) is 0 Å². The van der Waals surface area contributed by atoms with Crippen molar-refractivity contribution in [1.82, 2.24) is 25.4 Å². The van der Waals surface area contributed by atoms with Crippen LogP contribution < -0.4 is 15.5 Å². The van der Waals surface area contributed by atoms with Gasteiger partial charge in [-0.2, -0.15) is 0 Å². The molecule has 0 spiro atoms. The maximum absolute atomic E-state index is 4.69. The van der Waals surface area contributed by atoms with Gasteiger partial charge in [-0.3, -0.25) is 0 Å². The van der Waals surface area contributed by atoms with Gasteiger partial charge in [-0.15, -0.1) is 34.2 Å². The van der Waals surface area contributed by atoms with Crippen LogP contribution in [0.4, 0.5) is 5.69 Å². The van der Waals surface area contributed by atoms with Gasteiger partial charge in [0.15, 0.2) is 11.8 Å². The van der Waals surface area contributed by atoms with Crippen molar-refractivity contribution in [3.05, 3.63) is 42.0 Å². The third-order valence-electron chi connectivity index (χ3n) is 4.86. The van der Waals surface area contributed by atoms with E-state index in [4.69, 9.17) is 0 Å². The van der Waals surface area contributed by atoms with Crippen molar-refractivity contribution < 1.29 is 0 Å². The summed E-state index contributed by atoms with van der Waals surface area (Å²) in [5.74, 6) is 2.63. The molecule has 1 aliphatic heterocycles. The van der Waals surface area contributed by atoms with E-state index in [0.717, 1.165) is 50.1 Å². The molecule has 2 N–H and O–H groups in total. The number of hydrogen-bond acceptors (Lipinski definition) is 4. The van der Waals surface area contributed by atoms with Crippen molar-refractivity contribution in [1.29, 1.82) is 0 Å². The maximum atomic E-state index is 4.69. The first-order chi connectivity index (χ1) is 12.7. The van der Waals surface area contributed by atoms with Gasteiger partial charge in [0, 0.05) is 38.4 Å². The fraction of sp³-hybridized carbons (Fsp3) is 0.526. The molecule has 0 saturated carbocycles. The lowest BCUT2D eigenvalue weighted by molar-refractivity contribution is 0.461. The summed E-state index contributed by atoms with van der Waals surface area (Å²) in [6.07, 6.45) is 2.20. The molecule has 1 aromatic heterocycles. The average molecular weight is 483 g/mol. The molecule has 0 atom stereocenters. The smallest absolute Gasteiger partial charge is 0.191 e. The van der Waals surface area contributed by atoms with Crippen LogP contribution in [-0.4, -0.2) is 46.4 Å². The van der Waals surface area contributed by atoms with Crippen molar-refractivity contribution >= 4 is 35.6 Å². The number of aryl methyl sites for hydroxylation is 1. The minimum absolute atomic E-state index is 0. The van der Waals surface area contributed by atoms with Crippen LogP contribution in [0.5, 0.6) is 0 Å². The van der Waals surface area contributed by atoms with Crippen LogP contribution in [0.3, 0.4) is 0 Å². The molecule has 0 bridgehead atoms. The number of rotatable bonds is 5. The Morgan fingerprint density at radius 3 is 2.48 bits per heavy atom. The van der Waals surface area contributed by atoms with E-state index in [9.17, 15) is 0 Å². The topological polar surface area (TPSA) is 70.4 Å². The SMILES string of the molecule is CCNC(=NCc1nnc(C)n1C)NC1CCN(c2ccccc2)CC1.I. The molecular formula is C19H30IN7. The van der Waals surface area contributed by atoms with Crippen molar-refractivity contribution in [2.45, 2.75) is 39.3 Å². The van der Waals surface area contributed by atoms with Crippen LogP contribution >= 0.6 is 24.0 Å². The van der Waals surface area contributed by atoms with Crippen molar-refractivity contribution in [3.63, 3.8) is 0 Å². The summed E-state index contributed by atoms with van der Waals surface area (Å²) in [5, 5.41) is 15.2. The first-order valence-electron chi connectivity index (χ1n) is 9.37. The van der Waals surface area contributed by atoms with Gasteiger partial charge in [-0.1, -0.05) is 18.2 Å². The first-order valence-corrected chi connectivity index (χ1v) is 9.37. The monoisotopic (exact) mass is 483 g/mol. The summed E-state index contributed by atoms with van der Waals surface area (Å²) in [5.41, 5.74) is 1.31. The molecule has 148 valence electrons. The summed E-state index contributed by atoms with van der Waals surface area (Å²) < 4.78 is 1.98. The largest absolute Gasteiger partial charge is 0.371 e. The molecule has 1 fully saturated rings. The van der Waals surface area contributed by atoms with Gasteiger partial charge in [-0.05, 0) is 38.8 Å². The normalized spacial score (nSPS) is 15.4. The highest BCUT2D eigenvalue weighted by Gasteiger charge is 2.20. The number of anilines is 1. The third-order valence-corrected chi connectivity index (χ3v) is 4.86. The zero-order valence-corrected chi connectivity index (χ0v) is 18.7. The number of halogens is 1.